The van der Waals surface area contributed by atoms with E-state index in [0.29, 0.717) is 22.1 Å². The monoisotopic (exact) mass is 281 g/mol. The van der Waals surface area contributed by atoms with Crippen LogP contribution in [-0.4, -0.2) is 9.55 Å². The van der Waals surface area contributed by atoms with Crippen molar-refractivity contribution in [3.8, 4) is 11.3 Å². The average Bonchev–Trinajstić information content (AvgIpc) is 2.66. The molecule has 0 radical (unpaired) electrons. The summed E-state index contributed by atoms with van der Waals surface area (Å²) in [7, 11) is 0. The Balaban J connectivity index is 2.56. The van der Waals surface area contributed by atoms with E-state index in [9.17, 15) is 4.39 Å². The van der Waals surface area contributed by atoms with Gasteiger partial charge in [0.15, 0.2) is 0 Å². The number of benzene rings is 1. The van der Waals surface area contributed by atoms with Crippen LogP contribution in [0, 0.1) is 5.82 Å². The second kappa shape index (κ2) is 5.61. The van der Waals surface area contributed by atoms with Crippen molar-refractivity contribution >= 4 is 17.4 Å². The predicted molar refractivity (Wildman–Crippen MR) is 76.7 cm³/mol. The lowest BCUT2D eigenvalue weighted by Gasteiger charge is -2.06. The van der Waals surface area contributed by atoms with E-state index >= 15 is 0 Å². The van der Waals surface area contributed by atoms with Gasteiger partial charge in [-0.1, -0.05) is 18.5 Å². The molecule has 0 saturated carbocycles. The maximum absolute atomic E-state index is 13.1. The van der Waals surface area contributed by atoms with Gasteiger partial charge in [-0.15, -0.1) is 0 Å². The largest absolute Gasteiger partial charge is 0.383 e. The number of halogens is 2. The molecule has 1 aromatic heterocycles. The molecule has 19 heavy (non-hydrogen) atoms. The minimum atomic E-state index is -0.365. The average molecular weight is 282 g/mol. The molecule has 1 aromatic carbocycles. The molecular formula is C14H17ClFN3. The number of anilines is 1. The molecule has 0 aliphatic carbocycles. The molecule has 0 fully saturated rings. The number of hydrogen-bond donors (Lipinski definition) is 1. The highest BCUT2D eigenvalue weighted by atomic mass is 35.5. The molecule has 0 aliphatic heterocycles. The Morgan fingerprint density at radius 1 is 1.37 bits per heavy atom. The van der Waals surface area contributed by atoms with E-state index in [4.69, 9.17) is 17.3 Å². The van der Waals surface area contributed by atoms with Gasteiger partial charge in [0.1, 0.15) is 23.2 Å². The molecule has 2 aromatic rings. The molecular weight excluding hydrogens is 265 g/mol. The molecule has 5 heteroatoms. The lowest BCUT2D eigenvalue weighted by Crippen LogP contribution is -2.05. The van der Waals surface area contributed by atoms with Crippen molar-refractivity contribution in [1.29, 1.82) is 0 Å². The van der Waals surface area contributed by atoms with E-state index in [0.717, 1.165) is 25.2 Å². The third-order valence-electron chi connectivity index (χ3n) is 3.06. The minimum Gasteiger partial charge on any atom is -0.383 e. The van der Waals surface area contributed by atoms with Gasteiger partial charge in [-0.25, -0.2) is 9.37 Å². The summed E-state index contributed by atoms with van der Waals surface area (Å²) in [4.78, 5) is 4.56. The maximum atomic E-state index is 13.1. The summed E-state index contributed by atoms with van der Waals surface area (Å²) in [6, 6.07) is 4.26. The lowest BCUT2D eigenvalue weighted by molar-refractivity contribution is 0.628. The van der Waals surface area contributed by atoms with Crippen molar-refractivity contribution in [3.05, 3.63) is 34.9 Å². The van der Waals surface area contributed by atoms with Crippen LogP contribution in [0.3, 0.4) is 0 Å². The zero-order chi connectivity index (χ0) is 14.0. The third kappa shape index (κ3) is 2.59. The van der Waals surface area contributed by atoms with Gasteiger partial charge in [0, 0.05) is 18.5 Å². The molecule has 0 spiro atoms. The Hall–Kier alpha value is -1.55. The Bertz CT molecular complexity index is 593. The van der Waals surface area contributed by atoms with Gasteiger partial charge in [0.2, 0.25) is 0 Å². The lowest BCUT2D eigenvalue weighted by atomic mass is 10.1. The van der Waals surface area contributed by atoms with Crippen molar-refractivity contribution in [2.24, 2.45) is 0 Å². The summed E-state index contributed by atoms with van der Waals surface area (Å²) in [5, 5.41) is 0.329. The Morgan fingerprint density at radius 3 is 2.68 bits per heavy atom. The number of aromatic nitrogens is 2. The van der Waals surface area contributed by atoms with Crippen molar-refractivity contribution in [1.82, 2.24) is 9.55 Å². The molecule has 0 amide bonds. The van der Waals surface area contributed by atoms with Crippen molar-refractivity contribution in [3.63, 3.8) is 0 Å². The van der Waals surface area contributed by atoms with Crippen LogP contribution < -0.4 is 5.73 Å². The summed E-state index contributed by atoms with van der Waals surface area (Å²) in [5.41, 5.74) is 7.44. The summed E-state index contributed by atoms with van der Waals surface area (Å²) < 4.78 is 15.1. The first-order valence-corrected chi connectivity index (χ1v) is 6.76. The van der Waals surface area contributed by atoms with Gasteiger partial charge in [-0.05, 0) is 31.5 Å². The first-order chi connectivity index (χ1) is 9.08. The fourth-order valence-electron chi connectivity index (χ4n) is 2.16. The number of imidazole rings is 1. The quantitative estimate of drug-likeness (QED) is 0.924. The standard InChI is InChI=1S/C14H17ClFN3/c1-3-5-12-18-13(14(17)19(12)4-2)10-7-6-9(16)8-11(10)15/h6-8H,3-5,17H2,1-2H3. The molecule has 2 rings (SSSR count). The molecule has 0 unspecified atom stereocenters. The highest BCUT2D eigenvalue weighted by Crippen LogP contribution is 2.32. The van der Waals surface area contributed by atoms with Crippen LogP contribution >= 0.6 is 11.6 Å². The van der Waals surface area contributed by atoms with Crippen molar-refractivity contribution < 1.29 is 4.39 Å². The minimum absolute atomic E-state index is 0.329. The summed E-state index contributed by atoms with van der Waals surface area (Å²) in [6.45, 7) is 4.87. The van der Waals surface area contributed by atoms with E-state index in [2.05, 4.69) is 11.9 Å². The zero-order valence-corrected chi connectivity index (χ0v) is 11.8. The zero-order valence-electron chi connectivity index (χ0n) is 11.1. The van der Waals surface area contributed by atoms with Gasteiger partial charge in [0.05, 0.1) is 5.02 Å². The molecule has 0 saturated heterocycles. The smallest absolute Gasteiger partial charge is 0.131 e. The van der Waals surface area contributed by atoms with Crippen LogP contribution in [0.25, 0.3) is 11.3 Å². The number of nitrogens with zero attached hydrogens (tertiary/aromatic N) is 2. The highest BCUT2D eigenvalue weighted by Gasteiger charge is 2.17. The second-order valence-corrected chi connectivity index (χ2v) is 4.79. The number of aryl methyl sites for hydroxylation is 1. The fraction of sp³-hybridized carbons (Fsp3) is 0.357. The normalized spacial score (nSPS) is 10.9. The highest BCUT2D eigenvalue weighted by molar-refractivity contribution is 6.33. The van der Waals surface area contributed by atoms with Crippen LogP contribution in [0.1, 0.15) is 26.1 Å². The van der Waals surface area contributed by atoms with E-state index in [1.54, 1.807) is 6.07 Å². The van der Waals surface area contributed by atoms with E-state index < -0.39 is 0 Å². The van der Waals surface area contributed by atoms with Gasteiger partial charge in [0.25, 0.3) is 0 Å². The molecule has 2 N–H and O–H groups in total. The van der Waals surface area contributed by atoms with Crippen molar-refractivity contribution in [2.45, 2.75) is 33.2 Å². The number of nitrogens with two attached hydrogens (primary N) is 1. The Labute approximate surface area is 117 Å². The van der Waals surface area contributed by atoms with E-state index in [1.807, 2.05) is 11.5 Å². The van der Waals surface area contributed by atoms with Crippen LogP contribution in [0.5, 0.6) is 0 Å². The second-order valence-electron chi connectivity index (χ2n) is 4.38. The summed E-state index contributed by atoms with van der Waals surface area (Å²) in [6.07, 6.45) is 1.85. The van der Waals surface area contributed by atoms with Crippen LogP contribution in [-0.2, 0) is 13.0 Å². The maximum Gasteiger partial charge on any atom is 0.131 e. The molecule has 3 nitrogen and oxygen atoms in total. The molecule has 0 bridgehead atoms. The molecule has 0 aliphatic rings. The van der Waals surface area contributed by atoms with Gasteiger partial charge in [-0.2, -0.15) is 0 Å². The van der Waals surface area contributed by atoms with Crippen molar-refractivity contribution in [2.75, 3.05) is 5.73 Å². The SMILES string of the molecule is CCCc1nc(-c2ccc(F)cc2Cl)c(N)n1CC. The Kier molecular flexibility index (Phi) is 4.10. The fourth-order valence-corrected chi connectivity index (χ4v) is 2.42. The topological polar surface area (TPSA) is 43.8 Å². The van der Waals surface area contributed by atoms with Gasteiger partial charge >= 0.3 is 0 Å². The molecule has 1 heterocycles. The van der Waals surface area contributed by atoms with Crippen LogP contribution in [0.15, 0.2) is 18.2 Å². The number of nitrogen functional groups attached to an aromatic ring is 1. The van der Waals surface area contributed by atoms with E-state index in [1.165, 1.54) is 12.1 Å². The van der Waals surface area contributed by atoms with Gasteiger partial charge < -0.3 is 10.3 Å². The first-order valence-electron chi connectivity index (χ1n) is 6.38. The number of hydrogen-bond acceptors (Lipinski definition) is 2. The number of rotatable bonds is 4. The van der Waals surface area contributed by atoms with Crippen LogP contribution in [0.4, 0.5) is 10.2 Å². The van der Waals surface area contributed by atoms with E-state index in [-0.39, 0.29) is 5.82 Å². The first kappa shape index (κ1) is 13.9. The summed E-state index contributed by atoms with van der Waals surface area (Å²) in [5.74, 6) is 1.16. The Morgan fingerprint density at radius 2 is 2.11 bits per heavy atom. The predicted octanol–water partition coefficient (Wildman–Crippen LogP) is 3.90. The summed E-state index contributed by atoms with van der Waals surface area (Å²) >= 11 is 6.07. The molecule has 102 valence electrons. The van der Waals surface area contributed by atoms with Gasteiger partial charge in [-0.3, -0.25) is 0 Å². The van der Waals surface area contributed by atoms with Crippen LogP contribution in [0.2, 0.25) is 5.02 Å². The third-order valence-corrected chi connectivity index (χ3v) is 3.37. The molecule has 0 atom stereocenters.